The number of aryl methyl sites for hydroxylation is 1. The first-order valence-corrected chi connectivity index (χ1v) is 12.8. The minimum atomic E-state index is -0.582. The fraction of sp³-hybridized carbons (Fsp3) is 0.188. The SMILES string of the molecule is C=CC(=O)OCCOc1ccc(C(=O)Oc2ccc(OC(=O)c3ccc(OCCOC(=O)C(=C)C)cc3)c(C)c2)cc1. The van der Waals surface area contributed by atoms with Gasteiger partial charge in [0.2, 0.25) is 0 Å². The Kier molecular flexibility index (Phi) is 11.4. The van der Waals surface area contributed by atoms with Gasteiger partial charge in [-0.3, -0.25) is 0 Å². The van der Waals surface area contributed by atoms with E-state index in [0.29, 0.717) is 39.5 Å². The first-order valence-electron chi connectivity index (χ1n) is 12.8. The number of carbonyl (C=O) groups excluding carboxylic acids is 4. The molecule has 0 amide bonds. The summed E-state index contributed by atoms with van der Waals surface area (Å²) in [5.41, 5.74) is 1.49. The van der Waals surface area contributed by atoms with E-state index < -0.39 is 23.9 Å². The molecule has 0 fully saturated rings. The van der Waals surface area contributed by atoms with Crippen molar-refractivity contribution in [1.82, 2.24) is 0 Å². The maximum Gasteiger partial charge on any atom is 0.343 e. The smallest absolute Gasteiger partial charge is 0.343 e. The fourth-order valence-corrected chi connectivity index (χ4v) is 3.28. The van der Waals surface area contributed by atoms with Crippen LogP contribution >= 0.6 is 0 Å². The second-order valence-electron chi connectivity index (χ2n) is 8.74. The number of esters is 4. The van der Waals surface area contributed by atoms with Crippen LogP contribution in [0.1, 0.15) is 33.2 Å². The lowest BCUT2D eigenvalue weighted by atomic mass is 10.2. The third kappa shape index (κ3) is 9.67. The van der Waals surface area contributed by atoms with Crippen LogP contribution in [0, 0.1) is 6.92 Å². The van der Waals surface area contributed by atoms with Gasteiger partial charge in [-0.05, 0) is 86.1 Å². The number of hydrogen-bond donors (Lipinski definition) is 0. The number of ether oxygens (including phenoxy) is 6. The van der Waals surface area contributed by atoms with Crippen molar-refractivity contribution in [2.45, 2.75) is 13.8 Å². The average molecular weight is 575 g/mol. The van der Waals surface area contributed by atoms with E-state index in [4.69, 9.17) is 28.4 Å². The molecule has 0 aliphatic carbocycles. The standard InChI is InChI=1S/C32H30O10/c1-5-29(33)39-18-16-37-25-10-6-23(7-11-25)31(35)41-27-14-15-28(22(4)20-27)42-32(36)24-8-12-26(13-9-24)38-17-19-40-30(34)21(2)3/h5-15,20H,1-2,16-19H2,3-4H3. The largest absolute Gasteiger partial charge is 0.490 e. The predicted molar refractivity (Wildman–Crippen MR) is 152 cm³/mol. The number of benzene rings is 3. The van der Waals surface area contributed by atoms with Crippen LogP contribution in [0.15, 0.2) is 91.5 Å². The van der Waals surface area contributed by atoms with Gasteiger partial charge >= 0.3 is 23.9 Å². The molecule has 0 N–H and O–H groups in total. The molecule has 3 rings (SSSR count). The summed E-state index contributed by atoms with van der Waals surface area (Å²) in [6, 6.07) is 17.2. The van der Waals surface area contributed by atoms with Gasteiger partial charge in [0.1, 0.15) is 49.4 Å². The normalized spacial score (nSPS) is 10.1. The summed E-state index contributed by atoms with van der Waals surface area (Å²) >= 11 is 0. The van der Waals surface area contributed by atoms with Gasteiger partial charge in [-0.25, -0.2) is 19.2 Å². The van der Waals surface area contributed by atoms with Gasteiger partial charge < -0.3 is 28.4 Å². The zero-order valence-electron chi connectivity index (χ0n) is 23.3. The van der Waals surface area contributed by atoms with E-state index in [1.807, 2.05) is 0 Å². The molecular formula is C32H30O10. The molecule has 0 aliphatic heterocycles. The monoisotopic (exact) mass is 574 g/mol. The molecule has 0 atom stereocenters. The van der Waals surface area contributed by atoms with Crippen LogP contribution in [0.5, 0.6) is 23.0 Å². The van der Waals surface area contributed by atoms with Crippen molar-refractivity contribution in [2.75, 3.05) is 26.4 Å². The van der Waals surface area contributed by atoms with Gasteiger partial charge in [0, 0.05) is 11.6 Å². The van der Waals surface area contributed by atoms with Gasteiger partial charge in [-0.1, -0.05) is 13.2 Å². The maximum absolute atomic E-state index is 12.6. The summed E-state index contributed by atoms with van der Waals surface area (Å²) in [7, 11) is 0. The van der Waals surface area contributed by atoms with Crippen LogP contribution in [0.2, 0.25) is 0 Å². The highest BCUT2D eigenvalue weighted by Crippen LogP contribution is 2.25. The Morgan fingerprint density at radius 2 is 1.19 bits per heavy atom. The van der Waals surface area contributed by atoms with Crippen LogP contribution in [0.4, 0.5) is 0 Å². The highest BCUT2D eigenvalue weighted by Gasteiger charge is 2.14. The van der Waals surface area contributed by atoms with Crippen molar-refractivity contribution in [3.63, 3.8) is 0 Å². The molecule has 0 spiro atoms. The van der Waals surface area contributed by atoms with E-state index in [0.717, 1.165) is 6.08 Å². The predicted octanol–water partition coefficient (Wildman–Crippen LogP) is 5.04. The van der Waals surface area contributed by atoms with Crippen molar-refractivity contribution in [3.8, 4) is 23.0 Å². The second kappa shape index (κ2) is 15.4. The molecule has 0 radical (unpaired) electrons. The summed E-state index contributed by atoms with van der Waals surface area (Å²) in [6.07, 6.45) is 1.07. The van der Waals surface area contributed by atoms with E-state index >= 15 is 0 Å². The Balaban J connectivity index is 1.48. The zero-order chi connectivity index (χ0) is 30.5. The lowest BCUT2D eigenvalue weighted by Crippen LogP contribution is -2.13. The van der Waals surface area contributed by atoms with Gasteiger partial charge in [0.25, 0.3) is 0 Å². The van der Waals surface area contributed by atoms with E-state index in [1.165, 1.54) is 12.1 Å². The Labute approximate surface area is 243 Å². The minimum Gasteiger partial charge on any atom is -0.490 e. The van der Waals surface area contributed by atoms with Crippen LogP contribution in [0.25, 0.3) is 0 Å². The molecule has 0 saturated carbocycles. The molecule has 42 heavy (non-hydrogen) atoms. The fourth-order valence-electron chi connectivity index (χ4n) is 3.28. The quantitative estimate of drug-likeness (QED) is 0.112. The van der Waals surface area contributed by atoms with Crippen LogP contribution < -0.4 is 18.9 Å². The van der Waals surface area contributed by atoms with Gasteiger partial charge in [0.15, 0.2) is 0 Å². The summed E-state index contributed by atoms with van der Waals surface area (Å²) in [6.45, 7) is 10.5. The van der Waals surface area contributed by atoms with Gasteiger partial charge in [-0.2, -0.15) is 0 Å². The molecule has 0 heterocycles. The number of carbonyl (C=O) groups is 4. The molecule has 0 unspecified atom stereocenters. The Hall–Kier alpha value is -5.38. The average Bonchev–Trinajstić information content (AvgIpc) is 2.99. The molecular weight excluding hydrogens is 544 g/mol. The van der Waals surface area contributed by atoms with Crippen molar-refractivity contribution in [2.24, 2.45) is 0 Å². The Morgan fingerprint density at radius 1 is 0.690 bits per heavy atom. The summed E-state index contributed by atoms with van der Waals surface area (Å²) in [5.74, 6) is -0.614. The number of hydrogen-bond acceptors (Lipinski definition) is 10. The molecule has 10 heteroatoms. The minimum absolute atomic E-state index is 0.0678. The summed E-state index contributed by atoms with van der Waals surface area (Å²) < 4.78 is 31.7. The van der Waals surface area contributed by atoms with E-state index in [1.54, 1.807) is 68.4 Å². The van der Waals surface area contributed by atoms with Gasteiger partial charge in [-0.15, -0.1) is 0 Å². The molecule has 10 nitrogen and oxygen atoms in total. The molecule has 3 aromatic rings. The third-order valence-corrected chi connectivity index (χ3v) is 5.44. The first kappa shape index (κ1) is 31.2. The van der Waals surface area contributed by atoms with Crippen molar-refractivity contribution in [3.05, 3.63) is 108 Å². The number of rotatable bonds is 14. The van der Waals surface area contributed by atoms with Crippen LogP contribution in [0.3, 0.4) is 0 Å². The molecule has 3 aromatic carbocycles. The van der Waals surface area contributed by atoms with Gasteiger partial charge in [0.05, 0.1) is 11.1 Å². The molecule has 0 bridgehead atoms. The van der Waals surface area contributed by atoms with Crippen molar-refractivity contribution >= 4 is 23.9 Å². The second-order valence-corrected chi connectivity index (χ2v) is 8.74. The Bertz CT molecular complexity index is 1440. The van der Waals surface area contributed by atoms with Crippen LogP contribution in [-0.2, 0) is 19.1 Å². The summed E-state index contributed by atoms with van der Waals surface area (Å²) in [4.78, 5) is 47.6. The van der Waals surface area contributed by atoms with E-state index in [9.17, 15) is 19.2 Å². The molecule has 0 saturated heterocycles. The highest BCUT2D eigenvalue weighted by molar-refractivity contribution is 5.92. The van der Waals surface area contributed by atoms with Crippen molar-refractivity contribution < 1.29 is 47.6 Å². The topological polar surface area (TPSA) is 124 Å². The lowest BCUT2D eigenvalue weighted by molar-refractivity contribution is -0.140. The lowest BCUT2D eigenvalue weighted by Gasteiger charge is -2.11. The van der Waals surface area contributed by atoms with Crippen LogP contribution in [-0.4, -0.2) is 50.3 Å². The zero-order valence-corrected chi connectivity index (χ0v) is 23.3. The molecule has 0 aliphatic rings. The highest BCUT2D eigenvalue weighted by atomic mass is 16.6. The van der Waals surface area contributed by atoms with E-state index in [2.05, 4.69) is 13.2 Å². The molecule has 0 aromatic heterocycles. The Morgan fingerprint density at radius 3 is 1.69 bits per heavy atom. The first-order chi connectivity index (χ1) is 20.2. The van der Waals surface area contributed by atoms with Crippen molar-refractivity contribution in [1.29, 1.82) is 0 Å². The third-order valence-electron chi connectivity index (χ3n) is 5.44. The maximum atomic E-state index is 12.6. The summed E-state index contributed by atoms with van der Waals surface area (Å²) in [5, 5.41) is 0. The van der Waals surface area contributed by atoms with E-state index in [-0.39, 0.29) is 32.2 Å². The molecule has 218 valence electrons.